The molecular formula is C12H23N3O4. The molecule has 1 rings (SSSR count). The van der Waals surface area contributed by atoms with Crippen LogP contribution in [0.2, 0.25) is 0 Å². The molecule has 0 aromatic carbocycles. The molecule has 0 spiro atoms. The summed E-state index contributed by atoms with van der Waals surface area (Å²) in [7, 11) is 3.01. The van der Waals surface area contributed by atoms with E-state index in [-0.39, 0.29) is 31.1 Å². The summed E-state index contributed by atoms with van der Waals surface area (Å²) in [5, 5.41) is 2.88. The van der Waals surface area contributed by atoms with Crippen LogP contribution in [-0.2, 0) is 19.1 Å². The highest BCUT2D eigenvalue weighted by Gasteiger charge is 2.25. The van der Waals surface area contributed by atoms with Crippen molar-refractivity contribution < 1.29 is 19.1 Å². The molecule has 1 saturated heterocycles. The van der Waals surface area contributed by atoms with Gasteiger partial charge in [0.2, 0.25) is 11.8 Å². The van der Waals surface area contributed by atoms with Gasteiger partial charge in [0.05, 0.1) is 6.61 Å². The van der Waals surface area contributed by atoms with E-state index in [4.69, 9.17) is 15.2 Å². The van der Waals surface area contributed by atoms with Crippen LogP contribution in [0.15, 0.2) is 0 Å². The van der Waals surface area contributed by atoms with Gasteiger partial charge in [0, 0.05) is 33.4 Å². The number of amides is 2. The lowest BCUT2D eigenvalue weighted by Gasteiger charge is -2.32. The molecule has 7 nitrogen and oxygen atoms in total. The van der Waals surface area contributed by atoms with Crippen molar-refractivity contribution in [2.24, 2.45) is 5.73 Å². The zero-order valence-electron chi connectivity index (χ0n) is 11.6. The first-order valence-corrected chi connectivity index (χ1v) is 6.40. The Morgan fingerprint density at radius 2 is 1.95 bits per heavy atom. The lowest BCUT2D eigenvalue weighted by Crippen LogP contribution is -2.51. The van der Waals surface area contributed by atoms with Crippen LogP contribution < -0.4 is 11.1 Å². The summed E-state index contributed by atoms with van der Waals surface area (Å²) < 4.78 is 9.65. The molecule has 1 atom stereocenters. The number of hydrogen-bond acceptors (Lipinski definition) is 5. The van der Waals surface area contributed by atoms with E-state index >= 15 is 0 Å². The molecule has 0 aliphatic carbocycles. The van der Waals surface area contributed by atoms with Crippen molar-refractivity contribution in [1.82, 2.24) is 10.2 Å². The molecule has 1 fully saturated rings. The molecule has 0 radical (unpaired) electrons. The summed E-state index contributed by atoms with van der Waals surface area (Å²) >= 11 is 0. The molecule has 0 saturated carbocycles. The SMILES string of the molecule is COCC(=O)N1CCC(NC(=O)C(N)COC)CC1. The average Bonchev–Trinajstić information content (AvgIpc) is 2.40. The topological polar surface area (TPSA) is 93.9 Å². The van der Waals surface area contributed by atoms with Crippen LogP contribution in [0.4, 0.5) is 0 Å². The molecule has 0 aromatic heterocycles. The molecule has 1 aliphatic heterocycles. The fourth-order valence-electron chi connectivity index (χ4n) is 2.05. The standard InChI is InChI=1S/C12H23N3O4/c1-18-7-10(13)12(17)14-9-3-5-15(6-4-9)11(16)8-19-2/h9-10H,3-8,13H2,1-2H3,(H,14,17). The molecule has 3 N–H and O–H groups in total. The minimum absolute atomic E-state index is 0.0108. The van der Waals surface area contributed by atoms with Gasteiger partial charge in [-0.15, -0.1) is 0 Å². The molecule has 19 heavy (non-hydrogen) atoms. The van der Waals surface area contributed by atoms with E-state index in [1.54, 1.807) is 4.90 Å². The molecule has 2 amide bonds. The van der Waals surface area contributed by atoms with E-state index in [1.807, 2.05) is 0 Å². The van der Waals surface area contributed by atoms with Crippen molar-refractivity contribution in [2.75, 3.05) is 40.5 Å². The fourth-order valence-corrected chi connectivity index (χ4v) is 2.05. The lowest BCUT2D eigenvalue weighted by molar-refractivity contribution is -0.136. The number of ether oxygens (including phenoxy) is 2. The second-order valence-corrected chi connectivity index (χ2v) is 4.66. The monoisotopic (exact) mass is 273 g/mol. The van der Waals surface area contributed by atoms with Crippen molar-refractivity contribution in [3.05, 3.63) is 0 Å². The Kier molecular flexibility index (Phi) is 6.75. The van der Waals surface area contributed by atoms with E-state index < -0.39 is 6.04 Å². The Morgan fingerprint density at radius 3 is 2.47 bits per heavy atom. The summed E-state index contributed by atoms with van der Waals surface area (Å²) in [6, 6.07) is -0.569. The fraction of sp³-hybridized carbons (Fsp3) is 0.833. The Labute approximate surface area is 113 Å². The third-order valence-corrected chi connectivity index (χ3v) is 3.14. The normalized spacial score (nSPS) is 18.2. The van der Waals surface area contributed by atoms with Gasteiger partial charge in [0.15, 0.2) is 0 Å². The maximum atomic E-state index is 11.7. The number of rotatable bonds is 6. The van der Waals surface area contributed by atoms with Gasteiger partial charge < -0.3 is 25.4 Å². The molecule has 1 unspecified atom stereocenters. The van der Waals surface area contributed by atoms with Gasteiger partial charge in [-0.05, 0) is 12.8 Å². The van der Waals surface area contributed by atoms with Gasteiger partial charge in [0.1, 0.15) is 12.6 Å². The summed E-state index contributed by atoms with van der Waals surface area (Å²) in [4.78, 5) is 25.1. The zero-order chi connectivity index (χ0) is 14.3. The maximum Gasteiger partial charge on any atom is 0.248 e. The van der Waals surface area contributed by atoms with Crippen LogP contribution in [0.5, 0.6) is 0 Å². The highest BCUT2D eigenvalue weighted by Crippen LogP contribution is 2.10. The second-order valence-electron chi connectivity index (χ2n) is 4.66. The highest BCUT2D eigenvalue weighted by atomic mass is 16.5. The van der Waals surface area contributed by atoms with Gasteiger partial charge in [-0.25, -0.2) is 0 Å². The number of nitrogens with two attached hydrogens (primary N) is 1. The first-order chi connectivity index (χ1) is 9.08. The Hall–Kier alpha value is -1.18. The molecular weight excluding hydrogens is 250 g/mol. The first kappa shape index (κ1) is 15.9. The van der Waals surface area contributed by atoms with Gasteiger partial charge in [-0.3, -0.25) is 9.59 Å². The molecule has 1 aliphatic rings. The zero-order valence-corrected chi connectivity index (χ0v) is 11.6. The van der Waals surface area contributed by atoms with Crippen molar-refractivity contribution in [3.63, 3.8) is 0 Å². The van der Waals surface area contributed by atoms with Gasteiger partial charge in [-0.1, -0.05) is 0 Å². The minimum atomic E-state index is -0.641. The van der Waals surface area contributed by atoms with Gasteiger partial charge in [-0.2, -0.15) is 0 Å². The molecule has 7 heteroatoms. The van der Waals surface area contributed by atoms with Crippen LogP contribution in [-0.4, -0.2) is 69.3 Å². The van der Waals surface area contributed by atoms with Crippen LogP contribution in [0.3, 0.4) is 0 Å². The van der Waals surface area contributed by atoms with Gasteiger partial charge in [0.25, 0.3) is 0 Å². The number of piperidine rings is 1. The van der Waals surface area contributed by atoms with Crippen LogP contribution in [0.1, 0.15) is 12.8 Å². The second kappa shape index (κ2) is 8.08. The number of likely N-dealkylation sites (tertiary alicyclic amines) is 1. The predicted molar refractivity (Wildman–Crippen MR) is 69.5 cm³/mol. The number of carbonyl (C=O) groups is 2. The third-order valence-electron chi connectivity index (χ3n) is 3.14. The predicted octanol–water partition coefficient (Wildman–Crippen LogP) is -1.29. The van der Waals surface area contributed by atoms with Crippen molar-refractivity contribution >= 4 is 11.8 Å². The van der Waals surface area contributed by atoms with E-state index in [1.165, 1.54) is 14.2 Å². The summed E-state index contributed by atoms with van der Waals surface area (Å²) in [6.45, 7) is 1.58. The minimum Gasteiger partial charge on any atom is -0.383 e. The molecule has 0 bridgehead atoms. The Balaban J connectivity index is 2.30. The highest BCUT2D eigenvalue weighted by molar-refractivity contribution is 5.82. The lowest BCUT2D eigenvalue weighted by atomic mass is 10.0. The third kappa shape index (κ3) is 5.14. The molecule has 110 valence electrons. The molecule has 0 aromatic rings. The number of carbonyl (C=O) groups excluding carboxylic acids is 2. The van der Waals surface area contributed by atoms with Gasteiger partial charge >= 0.3 is 0 Å². The average molecular weight is 273 g/mol. The Morgan fingerprint density at radius 1 is 1.32 bits per heavy atom. The summed E-state index contributed by atoms with van der Waals surface area (Å²) in [5.41, 5.74) is 5.64. The van der Waals surface area contributed by atoms with Crippen LogP contribution in [0.25, 0.3) is 0 Å². The van der Waals surface area contributed by atoms with Crippen molar-refractivity contribution in [1.29, 1.82) is 0 Å². The largest absolute Gasteiger partial charge is 0.383 e. The van der Waals surface area contributed by atoms with Crippen LogP contribution in [0, 0.1) is 0 Å². The summed E-state index contributed by atoms with van der Waals surface area (Å²) in [5.74, 6) is -0.216. The smallest absolute Gasteiger partial charge is 0.248 e. The number of nitrogens with zero attached hydrogens (tertiary/aromatic N) is 1. The quantitative estimate of drug-likeness (QED) is 0.628. The van der Waals surface area contributed by atoms with E-state index in [0.717, 1.165) is 12.8 Å². The Bertz CT molecular complexity index is 303. The van der Waals surface area contributed by atoms with Crippen molar-refractivity contribution in [2.45, 2.75) is 24.9 Å². The van der Waals surface area contributed by atoms with E-state index in [9.17, 15) is 9.59 Å². The number of nitrogens with one attached hydrogen (secondary N) is 1. The van der Waals surface area contributed by atoms with Crippen molar-refractivity contribution in [3.8, 4) is 0 Å². The molecule has 1 heterocycles. The number of methoxy groups -OCH3 is 2. The van der Waals surface area contributed by atoms with E-state index in [2.05, 4.69) is 5.32 Å². The summed E-state index contributed by atoms with van der Waals surface area (Å²) in [6.07, 6.45) is 1.47. The van der Waals surface area contributed by atoms with Crippen LogP contribution >= 0.6 is 0 Å². The first-order valence-electron chi connectivity index (χ1n) is 6.40. The maximum absolute atomic E-state index is 11.7. The van der Waals surface area contributed by atoms with E-state index in [0.29, 0.717) is 13.1 Å². The number of hydrogen-bond donors (Lipinski definition) is 2.